The fourth-order valence-electron chi connectivity index (χ4n) is 2.10. The minimum absolute atomic E-state index is 0.0234. The van der Waals surface area contributed by atoms with Crippen LogP contribution >= 0.6 is 0 Å². The Morgan fingerprint density at radius 2 is 2.20 bits per heavy atom. The van der Waals surface area contributed by atoms with Gasteiger partial charge in [-0.1, -0.05) is 6.92 Å². The maximum atomic E-state index is 12.3. The summed E-state index contributed by atoms with van der Waals surface area (Å²) in [7, 11) is 0. The van der Waals surface area contributed by atoms with Crippen LogP contribution < -0.4 is 9.47 Å². The van der Waals surface area contributed by atoms with E-state index in [4.69, 9.17) is 14.7 Å². The van der Waals surface area contributed by atoms with Gasteiger partial charge in [-0.05, 0) is 31.7 Å². The lowest BCUT2D eigenvalue weighted by atomic mass is 10.1. The van der Waals surface area contributed by atoms with E-state index in [1.54, 1.807) is 18.2 Å². The normalized spacial score (nSPS) is 14.1. The number of Topliss-reactive ketones (excluding diaryl/α,β-unsaturated/α-hetero) is 1. The summed E-state index contributed by atoms with van der Waals surface area (Å²) in [5.74, 6) is 1.23. The van der Waals surface area contributed by atoms with Crippen LogP contribution in [0.25, 0.3) is 0 Å². The first-order chi connectivity index (χ1) is 9.63. The molecule has 0 bridgehead atoms. The molecular formula is C15H18N2O3. The molecule has 0 saturated carbocycles. The molecule has 0 radical (unpaired) electrons. The lowest BCUT2D eigenvalue weighted by molar-refractivity contribution is 0.0929. The highest BCUT2D eigenvalue weighted by molar-refractivity contribution is 5.98. The number of ether oxygens (including phenoxy) is 2. The molecule has 106 valence electrons. The van der Waals surface area contributed by atoms with E-state index < -0.39 is 0 Å². The predicted octanol–water partition coefficient (Wildman–Crippen LogP) is 2.08. The van der Waals surface area contributed by atoms with Crippen molar-refractivity contribution >= 4 is 5.78 Å². The number of nitriles is 1. The summed E-state index contributed by atoms with van der Waals surface area (Å²) in [6, 6.07) is 7.40. The number of benzene rings is 1. The highest BCUT2D eigenvalue weighted by Crippen LogP contribution is 2.32. The molecule has 0 saturated heterocycles. The monoisotopic (exact) mass is 274 g/mol. The van der Waals surface area contributed by atoms with Crippen LogP contribution in [0.5, 0.6) is 11.5 Å². The topological polar surface area (TPSA) is 62.6 Å². The largest absolute Gasteiger partial charge is 0.454 e. The second-order valence-electron chi connectivity index (χ2n) is 4.85. The summed E-state index contributed by atoms with van der Waals surface area (Å²) in [6.07, 6.45) is 0. The average molecular weight is 274 g/mol. The van der Waals surface area contributed by atoms with Gasteiger partial charge in [0, 0.05) is 12.1 Å². The Labute approximate surface area is 118 Å². The quantitative estimate of drug-likeness (QED) is 0.743. The minimum atomic E-state index is -0.0838. The van der Waals surface area contributed by atoms with Crippen molar-refractivity contribution in [1.82, 2.24) is 4.90 Å². The summed E-state index contributed by atoms with van der Waals surface area (Å²) < 4.78 is 10.5. The molecule has 0 spiro atoms. The van der Waals surface area contributed by atoms with Crippen molar-refractivity contribution in [2.75, 3.05) is 26.4 Å². The second-order valence-corrected chi connectivity index (χ2v) is 4.85. The maximum Gasteiger partial charge on any atom is 0.231 e. The number of carbonyl (C=O) groups is 1. The van der Waals surface area contributed by atoms with E-state index in [0.29, 0.717) is 30.2 Å². The zero-order valence-electron chi connectivity index (χ0n) is 11.8. The third-order valence-electron chi connectivity index (χ3n) is 3.26. The molecule has 0 amide bonds. The third-order valence-corrected chi connectivity index (χ3v) is 3.26. The number of nitrogens with zero attached hydrogens (tertiary/aromatic N) is 2. The van der Waals surface area contributed by atoms with Crippen LogP contribution in [0.15, 0.2) is 18.2 Å². The van der Waals surface area contributed by atoms with Gasteiger partial charge in [-0.3, -0.25) is 9.69 Å². The van der Waals surface area contributed by atoms with Gasteiger partial charge in [-0.2, -0.15) is 5.26 Å². The number of hydrogen-bond acceptors (Lipinski definition) is 5. The molecule has 5 heteroatoms. The van der Waals surface area contributed by atoms with E-state index in [-0.39, 0.29) is 18.5 Å². The fourth-order valence-corrected chi connectivity index (χ4v) is 2.10. The molecule has 1 unspecified atom stereocenters. The molecule has 0 N–H and O–H groups in total. The molecule has 1 heterocycles. The molecule has 1 aliphatic heterocycles. The summed E-state index contributed by atoms with van der Waals surface area (Å²) in [5.41, 5.74) is 0.609. The van der Waals surface area contributed by atoms with Crippen LogP contribution in [0.2, 0.25) is 0 Å². The summed E-state index contributed by atoms with van der Waals surface area (Å²) in [5, 5.41) is 8.84. The predicted molar refractivity (Wildman–Crippen MR) is 73.8 cm³/mol. The lowest BCUT2D eigenvalue weighted by Gasteiger charge is -2.20. The average Bonchev–Trinajstić information content (AvgIpc) is 2.93. The standard InChI is InChI=1S/C15H18N2O3/c1-3-17(8-11(2)7-16)9-13(18)12-4-5-14-15(6-12)20-10-19-14/h4-6,11H,3,8-10H2,1-2H3. The summed E-state index contributed by atoms with van der Waals surface area (Å²) >= 11 is 0. The SMILES string of the molecule is CCN(CC(=O)c1ccc2c(c1)OCO2)CC(C)C#N. The first-order valence-corrected chi connectivity index (χ1v) is 6.68. The van der Waals surface area contributed by atoms with Gasteiger partial charge in [0.05, 0.1) is 18.5 Å². The van der Waals surface area contributed by atoms with Crippen molar-refractivity contribution in [1.29, 1.82) is 5.26 Å². The zero-order chi connectivity index (χ0) is 14.5. The van der Waals surface area contributed by atoms with Gasteiger partial charge in [0.1, 0.15) is 0 Å². The van der Waals surface area contributed by atoms with Gasteiger partial charge in [0.15, 0.2) is 17.3 Å². The highest BCUT2D eigenvalue weighted by Gasteiger charge is 2.18. The van der Waals surface area contributed by atoms with Crippen LogP contribution in [0.1, 0.15) is 24.2 Å². The van der Waals surface area contributed by atoms with Crippen LogP contribution in [-0.2, 0) is 0 Å². The van der Waals surface area contributed by atoms with Crippen molar-refractivity contribution in [3.8, 4) is 17.6 Å². The molecule has 2 rings (SSSR count). The van der Waals surface area contributed by atoms with E-state index in [2.05, 4.69) is 6.07 Å². The number of rotatable bonds is 6. The molecule has 1 aromatic rings. The first kappa shape index (κ1) is 14.4. The van der Waals surface area contributed by atoms with Crippen LogP contribution in [-0.4, -0.2) is 37.1 Å². The number of ketones is 1. The first-order valence-electron chi connectivity index (χ1n) is 6.68. The fraction of sp³-hybridized carbons (Fsp3) is 0.467. The van der Waals surface area contributed by atoms with Crippen molar-refractivity contribution in [3.05, 3.63) is 23.8 Å². The van der Waals surface area contributed by atoms with Gasteiger partial charge in [-0.25, -0.2) is 0 Å². The number of hydrogen-bond donors (Lipinski definition) is 0. The van der Waals surface area contributed by atoms with Gasteiger partial charge in [0.2, 0.25) is 6.79 Å². The van der Waals surface area contributed by atoms with E-state index in [0.717, 1.165) is 6.54 Å². The Morgan fingerprint density at radius 3 is 2.90 bits per heavy atom. The molecular weight excluding hydrogens is 256 g/mol. The van der Waals surface area contributed by atoms with E-state index in [1.807, 2.05) is 18.7 Å². The Hall–Kier alpha value is -2.06. The molecule has 1 aliphatic rings. The zero-order valence-corrected chi connectivity index (χ0v) is 11.8. The van der Waals surface area contributed by atoms with Crippen molar-refractivity contribution in [3.63, 3.8) is 0 Å². The van der Waals surface area contributed by atoms with Crippen LogP contribution in [0.3, 0.4) is 0 Å². The summed E-state index contributed by atoms with van der Waals surface area (Å²) in [4.78, 5) is 14.2. The van der Waals surface area contributed by atoms with Gasteiger partial charge in [0.25, 0.3) is 0 Å². The number of carbonyl (C=O) groups excluding carboxylic acids is 1. The molecule has 5 nitrogen and oxygen atoms in total. The van der Waals surface area contributed by atoms with Crippen LogP contribution in [0.4, 0.5) is 0 Å². The van der Waals surface area contributed by atoms with Gasteiger partial charge < -0.3 is 9.47 Å². The Morgan fingerprint density at radius 1 is 1.45 bits per heavy atom. The number of likely N-dealkylation sites (N-methyl/N-ethyl adjacent to an activating group) is 1. The maximum absolute atomic E-state index is 12.3. The second kappa shape index (κ2) is 6.40. The van der Waals surface area contributed by atoms with Crippen molar-refractivity contribution < 1.29 is 14.3 Å². The Balaban J connectivity index is 2.02. The molecule has 0 fully saturated rings. The lowest BCUT2D eigenvalue weighted by Crippen LogP contribution is -2.33. The molecule has 0 aromatic heterocycles. The highest BCUT2D eigenvalue weighted by atomic mass is 16.7. The Kier molecular flexibility index (Phi) is 4.59. The molecule has 1 atom stereocenters. The van der Waals surface area contributed by atoms with Crippen molar-refractivity contribution in [2.24, 2.45) is 5.92 Å². The van der Waals surface area contributed by atoms with Gasteiger partial charge in [-0.15, -0.1) is 0 Å². The smallest absolute Gasteiger partial charge is 0.231 e. The molecule has 20 heavy (non-hydrogen) atoms. The van der Waals surface area contributed by atoms with Gasteiger partial charge >= 0.3 is 0 Å². The van der Waals surface area contributed by atoms with E-state index in [9.17, 15) is 4.79 Å². The van der Waals surface area contributed by atoms with E-state index in [1.165, 1.54) is 0 Å². The third kappa shape index (κ3) is 3.28. The Bertz CT molecular complexity index is 536. The molecule has 1 aromatic carbocycles. The summed E-state index contributed by atoms with van der Waals surface area (Å²) in [6.45, 7) is 5.69. The van der Waals surface area contributed by atoms with E-state index >= 15 is 0 Å². The number of fused-ring (bicyclic) bond motifs is 1. The van der Waals surface area contributed by atoms with Crippen molar-refractivity contribution in [2.45, 2.75) is 13.8 Å². The molecule has 0 aliphatic carbocycles. The minimum Gasteiger partial charge on any atom is -0.454 e. The van der Waals surface area contributed by atoms with Crippen LogP contribution in [0, 0.1) is 17.2 Å².